The molecule has 0 aromatic heterocycles. The number of hydrogen-bond acceptors (Lipinski definition) is 6. The zero-order chi connectivity index (χ0) is 13.7. The maximum atomic E-state index is 11.3. The summed E-state index contributed by atoms with van der Waals surface area (Å²) in [6.45, 7) is 1.68. The number of benzene rings is 1. The van der Waals surface area contributed by atoms with Gasteiger partial charge in [-0.1, -0.05) is 0 Å². The van der Waals surface area contributed by atoms with Crippen LogP contribution in [0.5, 0.6) is 0 Å². The number of carbonyl (C=O) groups excluding carboxylic acids is 1. The predicted molar refractivity (Wildman–Crippen MR) is 60.1 cm³/mol. The minimum atomic E-state index is -0.762. The standard InChI is InChI=1S/C10H10N2O6/c1-2-18-10(13)6-7-8(11(14)15)4-3-5-9(7)12(16)17/h3-5H,2,6H2,1H3. The highest BCUT2D eigenvalue weighted by Crippen LogP contribution is 2.28. The molecule has 1 aromatic carbocycles. The van der Waals surface area contributed by atoms with E-state index >= 15 is 0 Å². The molecule has 0 radical (unpaired) electrons. The molecule has 18 heavy (non-hydrogen) atoms. The van der Waals surface area contributed by atoms with Gasteiger partial charge in [-0.25, -0.2) is 0 Å². The highest BCUT2D eigenvalue weighted by molar-refractivity contribution is 5.76. The first-order valence-corrected chi connectivity index (χ1v) is 5.03. The zero-order valence-electron chi connectivity index (χ0n) is 9.49. The van der Waals surface area contributed by atoms with Crippen LogP contribution in [0.25, 0.3) is 0 Å². The fourth-order valence-corrected chi connectivity index (χ4v) is 1.44. The van der Waals surface area contributed by atoms with E-state index in [9.17, 15) is 25.0 Å². The maximum Gasteiger partial charge on any atom is 0.310 e. The first-order valence-electron chi connectivity index (χ1n) is 5.03. The summed E-state index contributed by atoms with van der Waals surface area (Å²) >= 11 is 0. The molecule has 0 amide bonds. The second-order valence-electron chi connectivity index (χ2n) is 3.27. The van der Waals surface area contributed by atoms with Crippen molar-refractivity contribution < 1.29 is 19.4 Å². The summed E-state index contributed by atoms with van der Waals surface area (Å²) in [7, 11) is 0. The van der Waals surface area contributed by atoms with E-state index in [4.69, 9.17) is 0 Å². The van der Waals surface area contributed by atoms with Crippen LogP contribution >= 0.6 is 0 Å². The third kappa shape index (κ3) is 3.00. The van der Waals surface area contributed by atoms with Crippen molar-refractivity contribution in [3.05, 3.63) is 44.0 Å². The second-order valence-corrected chi connectivity index (χ2v) is 3.27. The molecule has 0 heterocycles. The molecule has 0 aliphatic heterocycles. The molecule has 0 unspecified atom stereocenters. The maximum absolute atomic E-state index is 11.3. The summed E-state index contributed by atoms with van der Waals surface area (Å²) in [6.07, 6.45) is -0.499. The number of esters is 1. The van der Waals surface area contributed by atoms with Gasteiger partial charge in [0.25, 0.3) is 11.4 Å². The fraction of sp³-hybridized carbons (Fsp3) is 0.300. The molecule has 0 spiro atoms. The molecular formula is C10H10N2O6. The van der Waals surface area contributed by atoms with E-state index in [1.165, 1.54) is 6.07 Å². The summed E-state index contributed by atoms with van der Waals surface area (Å²) in [6, 6.07) is 3.42. The lowest BCUT2D eigenvalue weighted by atomic mass is 10.1. The molecule has 0 aliphatic carbocycles. The molecule has 0 bridgehead atoms. The van der Waals surface area contributed by atoms with Gasteiger partial charge in [-0.3, -0.25) is 25.0 Å². The third-order valence-electron chi connectivity index (χ3n) is 2.15. The molecule has 1 aromatic rings. The van der Waals surface area contributed by atoms with E-state index in [0.717, 1.165) is 12.1 Å². The lowest BCUT2D eigenvalue weighted by Gasteiger charge is -2.04. The Balaban J connectivity index is 3.23. The number of nitro groups is 2. The largest absolute Gasteiger partial charge is 0.466 e. The van der Waals surface area contributed by atoms with Crippen LogP contribution in [0.2, 0.25) is 0 Å². The highest BCUT2D eigenvalue weighted by atomic mass is 16.6. The lowest BCUT2D eigenvalue weighted by Crippen LogP contribution is -2.11. The summed E-state index contributed by atoms with van der Waals surface area (Å²) < 4.78 is 4.63. The van der Waals surface area contributed by atoms with Crippen molar-refractivity contribution >= 4 is 17.3 Å². The molecule has 0 atom stereocenters. The molecule has 1 rings (SSSR count). The van der Waals surface area contributed by atoms with Crippen molar-refractivity contribution in [1.82, 2.24) is 0 Å². The topological polar surface area (TPSA) is 113 Å². The first-order chi connectivity index (χ1) is 8.47. The molecule has 8 nitrogen and oxygen atoms in total. The number of ether oxygens (including phenoxy) is 1. The average molecular weight is 254 g/mol. The van der Waals surface area contributed by atoms with Crippen molar-refractivity contribution in [1.29, 1.82) is 0 Å². The van der Waals surface area contributed by atoms with E-state index in [1.54, 1.807) is 6.92 Å². The molecule has 8 heteroatoms. The van der Waals surface area contributed by atoms with Gasteiger partial charge in [-0.2, -0.15) is 0 Å². The normalized spacial score (nSPS) is 9.83. The van der Waals surface area contributed by atoms with Crippen LogP contribution in [-0.4, -0.2) is 22.4 Å². The quantitative estimate of drug-likeness (QED) is 0.448. The van der Waals surface area contributed by atoms with Crippen LogP contribution in [0.3, 0.4) is 0 Å². The SMILES string of the molecule is CCOC(=O)Cc1c([N+](=O)[O-])cccc1[N+](=O)[O-]. The molecule has 0 N–H and O–H groups in total. The van der Waals surface area contributed by atoms with Crippen molar-refractivity contribution in [3.63, 3.8) is 0 Å². The van der Waals surface area contributed by atoms with Crippen molar-refractivity contribution in [2.45, 2.75) is 13.3 Å². The molecule has 0 saturated heterocycles. The lowest BCUT2D eigenvalue weighted by molar-refractivity contribution is -0.395. The van der Waals surface area contributed by atoms with Gasteiger partial charge in [-0.15, -0.1) is 0 Å². The molecule has 0 aliphatic rings. The Bertz CT molecular complexity index is 467. The Morgan fingerprint density at radius 1 is 1.22 bits per heavy atom. The number of rotatable bonds is 5. The van der Waals surface area contributed by atoms with Crippen LogP contribution in [-0.2, 0) is 16.0 Å². The number of nitrogens with zero attached hydrogens (tertiary/aromatic N) is 2. The van der Waals surface area contributed by atoms with E-state index in [1.807, 2.05) is 0 Å². The van der Waals surface area contributed by atoms with Crippen molar-refractivity contribution in [2.75, 3.05) is 6.61 Å². The van der Waals surface area contributed by atoms with Gasteiger partial charge in [0.1, 0.15) is 5.56 Å². The van der Waals surface area contributed by atoms with Crippen LogP contribution in [0, 0.1) is 20.2 Å². The zero-order valence-corrected chi connectivity index (χ0v) is 9.49. The van der Waals surface area contributed by atoms with E-state index in [2.05, 4.69) is 4.74 Å². The van der Waals surface area contributed by atoms with Gasteiger partial charge in [0.15, 0.2) is 0 Å². The third-order valence-corrected chi connectivity index (χ3v) is 2.15. The predicted octanol–water partition coefficient (Wildman–Crippen LogP) is 1.61. The summed E-state index contributed by atoms with van der Waals surface area (Å²) in [5.74, 6) is -0.741. The highest BCUT2D eigenvalue weighted by Gasteiger charge is 2.26. The van der Waals surface area contributed by atoms with Gasteiger partial charge in [0, 0.05) is 12.1 Å². The minimum Gasteiger partial charge on any atom is -0.466 e. The molecular weight excluding hydrogens is 244 g/mol. The van der Waals surface area contributed by atoms with Crippen LogP contribution in [0.4, 0.5) is 11.4 Å². The average Bonchev–Trinajstić information content (AvgIpc) is 2.28. The Morgan fingerprint density at radius 2 is 1.72 bits per heavy atom. The number of nitro benzene ring substituents is 2. The molecule has 0 saturated carbocycles. The first kappa shape index (κ1) is 13.6. The van der Waals surface area contributed by atoms with Crippen molar-refractivity contribution in [3.8, 4) is 0 Å². The van der Waals surface area contributed by atoms with E-state index < -0.39 is 33.6 Å². The number of carbonyl (C=O) groups is 1. The van der Waals surface area contributed by atoms with Crippen LogP contribution < -0.4 is 0 Å². The van der Waals surface area contributed by atoms with Gasteiger partial charge in [-0.05, 0) is 13.0 Å². The smallest absolute Gasteiger partial charge is 0.310 e. The van der Waals surface area contributed by atoms with Gasteiger partial charge < -0.3 is 4.74 Å². The Hall–Kier alpha value is -2.51. The monoisotopic (exact) mass is 254 g/mol. The fourth-order valence-electron chi connectivity index (χ4n) is 1.44. The van der Waals surface area contributed by atoms with Gasteiger partial charge in [0.05, 0.1) is 22.9 Å². The van der Waals surface area contributed by atoms with Crippen LogP contribution in [0.1, 0.15) is 12.5 Å². The Labute approximate surface area is 101 Å². The number of hydrogen-bond donors (Lipinski definition) is 0. The van der Waals surface area contributed by atoms with Crippen LogP contribution in [0.15, 0.2) is 18.2 Å². The van der Waals surface area contributed by atoms with E-state index in [-0.39, 0.29) is 12.2 Å². The molecule has 96 valence electrons. The van der Waals surface area contributed by atoms with E-state index in [0.29, 0.717) is 0 Å². The summed E-state index contributed by atoms with van der Waals surface area (Å²) in [5.41, 5.74) is -1.17. The Kier molecular flexibility index (Phi) is 4.30. The van der Waals surface area contributed by atoms with Crippen molar-refractivity contribution in [2.24, 2.45) is 0 Å². The minimum absolute atomic E-state index is 0.104. The molecule has 0 fully saturated rings. The summed E-state index contributed by atoms with van der Waals surface area (Å²) in [5, 5.41) is 21.5. The van der Waals surface area contributed by atoms with Gasteiger partial charge in [0.2, 0.25) is 0 Å². The second kappa shape index (κ2) is 5.71. The Morgan fingerprint density at radius 3 is 2.11 bits per heavy atom. The summed E-state index contributed by atoms with van der Waals surface area (Å²) in [4.78, 5) is 31.3. The van der Waals surface area contributed by atoms with Gasteiger partial charge >= 0.3 is 5.97 Å².